The van der Waals surface area contributed by atoms with Crippen LogP contribution in [0.25, 0.3) is 11.4 Å². The van der Waals surface area contributed by atoms with Crippen LogP contribution in [0.3, 0.4) is 0 Å². The number of hydrogen-bond donors (Lipinski definition) is 2. The van der Waals surface area contributed by atoms with Crippen molar-refractivity contribution in [3.05, 3.63) is 48.4 Å². The van der Waals surface area contributed by atoms with Crippen LogP contribution in [0.4, 0.5) is 22.0 Å². The van der Waals surface area contributed by atoms with Gasteiger partial charge in [-0.1, -0.05) is 0 Å². The topological polar surface area (TPSA) is 118 Å². The fourth-order valence-corrected chi connectivity index (χ4v) is 4.33. The van der Waals surface area contributed by atoms with Crippen LogP contribution in [0.1, 0.15) is 12.6 Å². The Balaban J connectivity index is 1.53. The molecule has 4 heterocycles. The predicted octanol–water partition coefficient (Wildman–Crippen LogP) is 1.77. The monoisotopic (exact) mass is 462 g/mol. The van der Waals surface area contributed by atoms with Gasteiger partial charge >= 0.3 is 6.03 Å². The van der Waals surface area contributed by atoms with Gasteiger partial charge in [0.1, 0.15) is 11.2 Å². The maximum atomic E-state index is 13.6. The number of rotatable bonds is 4. The zero-order chi connectivity index (χ0) is 23.9. The highest BCUT2D eigenvalue weighted by Crippen LogP contribution is 2.41. The number of anilines is 3. The van der Waals surface area contributed by atoms with E-state index in [2.05, 4.69) is 20.7 Å². The number of fused-ring (bicyclic) bond motifs is 3. The average molecular weight is 463 g/mol. The van der Waals surface area contributed by atoms with E-state index in [1.807, 2.05) is 43.3 Å². The Morgan fingerprint density at radius 2 is 2.03 bits per heavy atom. The number of benzene rings is 1. The van der Waals surface area contributed by atoms with Gasteiger partial charge in [0.2, 0.25) is 0 Å². The molecule has 1 fully saturated rings. The van der Waals surface area contributed by atoms with Crippen LogP contribution in [0.2, 0.25) is 0 Å². The predicted molar refractivity (Wildman–Crippen MR) is 127 cm³/mol. The van der Waals surface area contributed by atoms with Gasteiger partial charge in [-0.05, 0) is 37.3 Å². The average Bonchev–Trinajstić information content (AvgIpc) is 3.26. The third kappa shape index (κ3) is 3.73. The summed E-state index contributed by atoms with van der Waals surface area (Å²) in [6.07, 6.45) is 3.55. The van der Waals surface area contributed by atoms with Crippen molar-refractivity contribution >= 4 is 29.1 Å². The highest BCUT2D eigenvalue weighted by molar-refractivity contribution is 6.07. The first-order chi connectivity index (χ1) is 16.4. The van der Waals surface area contributed by atoms with Crippen molar-refractivity contribution in [2.45, 2.75) is 19.0 Å². The Morgan fingerprint density at radius 3 is 2.74 bits per heavy atom. The number of nitrogens with zero attached hydrogens (tertiary/aromatic N) is 6. The molecule has 3 aromatic rings. The summed E-state index contributed by atoms with van der Waals surface area (Å²) in [7, 11) is 3.41. The number of nitrogens with one attached hydrogen (secondary N) is 2. The lowest BCUT2D eigenvalue weighted by atomic mass is 9.93. The molecular formula is C23H26N8O3. The van der Waals surface area contributed by atoms with Gasteiger partial charge in [-0.3, -0.25) is 14.4 Å². The molecule has 0 spiro atoms. The largest absolute Gasteiger partial charge is 0.377 e. The first kappa shape index (κ1) is 21.8. The van der Waals surface area contributed by atoms with E-state index in [1.54, 1.807) is 35.0 Å². The lowest BCUT2D eigenvalue weighted by molar-refractivity contribution is -0.127. The lowest BCUT2D eigenvalue weighted by Gasteiger charge is -2.50. The summed E-state index contributed by atoms with van der Waals surface area (Å²) in [6, 6.07) is 8.90. The van der Waals surface area contributed by atoms with Crippen LogP contribution >= 0.6 is 0 Å². The summed E-state index contributed by atoms with van der Waals surface area (Å²) in [5.41, 5.74) is 2.02. The molecule has 1 unspecified atom stereocenters. The van der Waals surface area contributed by atoms with E-state index >= 15 is 0 Å². The van der Waals surface area contributed by atoms with Gasteiger partial charge in [-0.2, -0.15) is 5.10 Å². The highest BCUT2D eigenvalue weighted by atomic mass is 16.5. The lowest BCUT2D eigenvalue weighted by Crippen LogP contribution is -2.67. The first-order valence-corrected chi connectivity index (χ1v) is 11.0. The maximum Gasteiger partial charge on any atom is 0.318 e. The summed E-state index contributed by atoms with van der Waals surface area (Å²) >= 11 is 0. The molecule has 3 amide bonds. The number of morpholine rings is 1. The second kappa shape index (κ2) is 8.41. The second-order valence-corrected chi connectivity index (χ2v) is 8.53. The Hall–Kier alpha value is -3.99. The van der Waals surface area contributed by atoms with Crippen molar-refractivity contribution < 1.29 is 14.3 Å². The first-order valence-electron chi connectivity index (χ1n) is 11.0. The van der Waals surface area contributed by atoms with Gasteiger partial charge in [0, 0.05) is 38.1 Å². The van der Waals surface area contributed by atoms with Crippen LogP contribution in [0.15, 0.2) is 42.7 Å². The molecule has 2 aliphatic heterocycles. The Kier molecular flexibility index (Phi) is 5.40. The summed E-state index contributed by atoms with van der Waals surface area (Å²) in [6.45, 7) is 3.56. The minimum Gasteiger partial charge on any atom is -0.377 e. The van der Waals surface area contributed by atoms with Gasteiger partial charge in [0.15, 0.2) is 11.6 Å². The summed E-state index contributed by atoms with van der Waals surface area (Å²) in [5.74, 6) is 1.16. The Bertz CT molecular complexity index is 1240. The molecule has 2 N–H and O–H groups in total. The van der Waals surface area contributed by atoms with Crippen LogP contribution in [-0.2, 0) is 23.1 Å². The van der Waals surface area contributed by atoms with Gasteiger partial charge in [-0.15, -0.1) is 0 Å². The van der Waals surface area contributed by atoms with Crippen molar-refractivity contribution in [2.75, 3.05) is 41.9 Å². The zero-order valence-electron chi connectivity index (χ0n) is 19.3. The third-order valence-corrected chi connectivity index (χ3v) is 6.16. The summed E-state index contributed by atoms with van der Waals surface area (Å²) in [5, 5.41) is 9.70. The van der Waals surface area contributed by atoms with Crippen LogP contribution < -0.4 is 20.4 Å². The number of urea groups is 1. The smallest absolute Gasteiger partial charge is 0.318 e. The Morgan fingerprint density at radius 1 is 1.24 bits per heavy atom. The minimum atomic E-state index is -0.868. The minimum absolute atomic E-state index is 0.0636. The van der Waals surface area contributed by atoms with Crippen LogP contribution in [0, 0.1) is 0 Å². The SMILES string of the molecule is CNC(=O)Nc1ccc(-c2ncc3c(n2)N2CCOCC2(C)C(=O)N3Cc2ccn(C)n2)cc1. The summed E-state index contributed by atoms with van der Waals surface area (Å²) < 4.78 is 7.42. The number of hydrogen-bond acceptors (Lipinski definition) is 7. The van der Waals surface area contributed by atoms with Crippen molar-refractivity contribution in [1.29, 1.82) is 0 Å². The zero-order valence-corrected chi connectivity index (χ0v) is 19.3. The van der Waals surface area contributed by atoms with Gasteiger partial charge in [0.05, 0.1) is 31.6 Å². The molecule has 5 rings (SSSR count). The molecule has 176 valence electrons. The van der Waals surface area contributed by atoms with E-state index in [9.17, 15) is 9.59 Å². The van der Waals surface area contributed by atoms with Crippen LogP contribution in [0.5, 0.6) is 0 Å². The Labute approximate surface area is 196 Å². The van der Waals surface area contributed by atoms with E-state index in [-0.39, 0.29) is 18.5 Å². The number of aryl methyl sites for hydroxylation is 1. The van der Waals surface area contributed by atoms with E-state index in [0.29, 0.717) is 42.7 Å². The molecule has 1 atom stereocenters. The molecule has 11 heteroatoms. The number of carbonyl (C=O) groups excluding carboxylic acids is 2. The molecule has 2 aliphatic rings. The van der Waals surface area contributed by atoms with Crippen LogP contribution in [-0.4, -0.2) is 64.0 Å². The fraction of sp³-hybridized carbons (Fsp3) is 0.348. The molecule has 0 aliphatic carbocycles. The number of ether oxygens (including phenoxy) is 1. The summed E-state index contributed by atoms with van der Waals surface area (Å²) in [4.78, 5) is 38.4. The molecule has 0 saturated carbocycles. The van der Waals surface area contributed by atoms with Crippen molar-refractivity contribution in [3.8, 4) is 11.4 Å². The normalized spacial score (nSPS) is 19.4. The van der Waals surface area contributed by atoms with Crippen molar-refractivity contribution in [1.82, 2.24) is 25.1 Å². The molecule has 1 saturated heterocycles. The van der Waals surface area contributed by atoms with E-state index in [1.165, 1.54) is 0 Å². The van der Waals surface area contributed by atoms with Crippen molar-refractivity contribution in [3.63, 3.8) is 0 Å². The van der Waals surface area contributed by atoms with Crippen molar-refractivity contribution in [2.24, 2.45) is 7.05 Å². The second-order valence-electron chi connectivity index (χ2n) is 8.53. The quantitative estimate of drug-likeness (QED) is 0.607. The highest BCUT2D eigenvalue weighted by Gasteiger charge is 2.50. The van der Waals surface area contributed by atoms with Gasteiger partial charge < -0.3 is 20.3 Å². The molecule has 34 heavy (non-hydrogen) atoms. The van der Waals surface area contributed by atoms with Gasteiger partial charge in [-0.25, -0.2) is 14.8 Å². The molecule has 11 nitrogen and oxygen atoms in total. The third-order valence-electron chi connectivity index (χ3n) is 6.16. The molecule has 0 bridgehead atoms. The molecular weight excluding hydrogens is 436 g/mol. The van der Waals surface area contributed by atoms with E-state index < -0.39 is 5.54 Å². The van der Waals surface area contributed by atoms with Gasteiger partial charge in [0.25, 0.3) is 5.91 Å². The van der Waals surface area contributed by atoms with E-state index in [4.69, 9.17) is 9.72 Å². The standard InChI is InChI=1S/C23H26N8O3/c1-23-14-34-11-10-31(23)20-18(30(21(23)32)13-17-8-9-29(3)28-17)12-25-19(27-20)15-4-6-16(7-5-15)26-22(33)24-2/h4-9,12H,10-11,13-14H2,1-3H3,(H2,24,26,33). The number of carbonyl (C=O) groups is 2. The number of amides is 3. The number of aromatic nitrogens is 4. The molecule has 2 aromatic heterocycles. The molecule has 0 radical (unpaired) electrons. The fourth-order valence-electron chi connectivity index (χ4n) is 4.33. The maximum absolute atomic E-state index is 13.6. The molecule has 1 aromatic carbocycles. The van der Waals surface area contributed by atoms with E-state index in [0.717, 1.165) is 11.3 Å².